The second kappa shape index (κ2) is 5.68. The van der Waals surface area contributed by atoms with Gasteiger partial charge in [-0.3, -0.25) is 9.80 Å². The molecule has 0 spiro atoms. The Bertz CT molecular complexity index is 234. The first-order valence-corrected chi connectivity index (χ1v) is 7.23. The molecule has 1 aliphatic carbocycles. The van der Waals surface area contributed by atoms with Gasteiger partial charge in [-0.2, -0.15) is 0 Å². The quantitative estimate of drug-likeness (QED) is 0.707. The Morgan fingerprint density at radius 2 is 1.53 bits per heavy atom. The Morgan fingerprint density at radius 3 is 2.18 bits per heavy atom. The number of aliphatic hydroxyl groups excluding tert-OH is 1. The number of hydrogen-bond acceptors (Lipinski definition) is 3. The van der Waals surface area contributed by atoms with Crippen molar-refractivity contribution in [2.24, 2.45) is 0 Å². The molecule has 2 fully saturated rings. The second-order valence-corrected chi connectivity index (χ2v) is 6.09. The summed E-state index contributed by atoms with van der Waals surface area (Å²) in [5, 5.41) is 10.3. The Kier molecular flexibility index (Phi) is 4.45. The van der Waals surface area contributed by atoms with Crippen LogP contribution < -0.4 is 0 Å². The highest BCUT2D eigenvalue weighted by Crippen LogP contribution is 2.25. The van der Waals surface area contributed by atoms with Crippen molar-refractivity contribution < 1.29 is 5.11 Å². The van der Waals surface area contributed by atoms with Gasteiger partial charge in [0.2, 0.25) is 0 Å². The first kappa shape index (κ1) is 13.3. The fourth-order valence-electron chi connectivity index (χ4n) is 3.41. The molecule has 1 N–H and O–H groups in total. The van der Waals surface area contributed by atoms with Crippen LogP contribution in [-0.4, -0.2) is 59.3 Å². The molecule has 0 aromatic rings. The minimum atomic E-state index is -0.0969. The highest BCUT2D eigenvalue weighted by atomic mass is 16.3. The van der Waals surface area contributed by atoms with E-state index < -0.39 is 0 Å². The van der Waals surface area contributed by atoms with Crippen molar-refractivity contribution in [1.29, 1.82) is 0 Å². The van der Waals surface area contributed by atoms with E-state index in [2.05, 4.69) is 30.7 Å². The molecular weight excluding hydrogens is 212 g/mol. The monoisotopic (exact) mass is 240 g/mol. The van der Waals surface area contributed by atoms with E-state index in [-0.39, 0.29) is 6.10 Å². The predicted octanol–water partition coefficient (Wildman–Crippen LogP) is 1.70. The van der Waals surface area contributed by atoms with Crippen LogP contribution >= 0.6 is 0 Å². The summed E-state index contributed by atoms with van der Waals surface area (Å²) in [6, 6.07) is 1.62. The van der Waals surface area contributed by atoms with Crippen LogP contribution in [0, 0.1) is 0 Å². The van der Waals surface area contributed by atoms with E-state index in [1.54, 1.807) is 0 Å². The smallest absolute Gasteiger partial charge is 0.0695 e. The van der Waals surface area contributed by atoms with Gasteiger partial charge in [0, 0.05) is 31.2 Å². The Hall–Kier alpha value is -0.120. The molecule has 2 aliphatic rings. The molecule has 0 bridgehead atoms. The zero-order chi connectivity index (χ0) is 12.4. The van der Waals surface area contributed by atoms with Gasteiger partial charge in [-0.1, -0.05) is 19.3 Å². The predicted molar refractivity (Wildman–Crippen MR) is 71.1 cm³/mol. The largest absolute Gasteiger partial charge is 0.391 e. The Labute approximate surface area is 106 Å². The Balaban J connectivity index is 2.00. The van der Waals surface area contributed by atoms with Crippen molar-refractivity contribution >= 4 is 0 Å². The molecule has 3 heteroatoms. The summed E-state index contributed by atoms with van der Waals surface area (Å²) in [7, 11) is 2.22. The molecular formula is C14H28N2O. The lowest BCUT2D eigenvalue weighted by atomic mass is 10.00. The van der Waals surface area contributed by atoms with E-state index in [0.717, 1.165) is 19.5 Å². The molecule has 0 amide bonds. The van der Waals surface area contributed by atoms with Crippen LogP contribution in [0.3, 0.4) is 0 Å². The number of aliphatic hydroxyl groups is 1. The van der Waals surface area contributed by atoms with E-state index in [1.165, 1.54) is 25.7 Å². The lowest BCUT2D eigenvalue weighted by Crippen LogP contribution is -2.59. The van der Waals surface area contributed by atoms with Gasteiger partial charge in [-0.15, -0.1) is 0 Å². The minimum absolute atomic E-state index is 0.0969. The maximum absolute atomic E-state index is 10.3. The third-order valence-corrected chi connectivity index (χ3v) is 4.80. The molecule has 1 saturated heterocycles. The standard InChI is InChI=1S/C14H28N2O/c1-11-9-16(10-12(2)15(11)3)13-7-5-4-6-8-14(13)17/h11-14,17H,4-10H2,1-3H3. The first-order valence-electron chi connectivity index (χ1n) is 7.23. The number of likely N-dealkylation sites (N-methyl/N-ethyl adjacent to an activating group) is 1. The molecule has 17 heavy (non-hydrogen) atoms. The normalized spacial score (nSPS) is 42.4. The molecule has 0 aromatic carbocycles. The average molecular weight is 240 g/mol. The van der Waals surface area contributed by atoms with Crippen molar-refractivity contribution in [3.8, 4) is 0 Å². The molecule has 4 atom stereocenters. The van der Waals surface area contributed by atoms with E-state index in [4.69, 9.17) is 0 Å². The van der Waals surface area contributed by atoms with Crippen LogP contribution in [0.15, 0.2) is 0 Å². The molecule has 1 saturated carbocycles. The topological polar surface area (TPSA) is 26.7 Å². The fraction of sp³-hybridized carbons (Fsp3) is 1.00. The van der Waals surface area contributed by atoms with E-state index in [0.29, 0.717) is 18.1 Å². The third kappa shape index (κ3) is 3.01. The molecule has 1 heterocycles. The van der Waals surface area contributed by atoms with E-state index >= 15 is 0 Å². The number of hydrogen-bond donors (Lipinski definition) is 1. The van der Waals surface area contributed by atoms with Crippen LogP contribution in [-0.2, 0) is 0 Å². The number of piperazine rings is 1. The third-order valence-electron chi connectivity index (χ3n) is 4.80. The zero-order valence-electron chi connectivity index (χ0n) is 11.6. The van der Waals surface area contributed by atoms with Gasteiger partial charge in [0.25, 0.3) is 0 Å². The first-order chi connectivity index (χ1) is 8.09. The maximum atomic E-state index is 10.3. The van der Waals surface area contributed by atoms with Gasteiger partial charge >= 0.3 is 0 Å². The van der Waals surface area contributed by atoms with Crippen molar-refractivity contribution in [3.05, 3.63) is 0 Å². The molecule has 0 aromatic heterocycles. The number of rotatable bonds is 1. The summed E-state index contributed by atoms with van der Waals surface area (Å²) in [5.41, 5.74) is 0. The molecule has 4 unspecified atom stereocenters. The van der Waals surface area contributed by atoms with Crippen LogP contribution in [0.2, 0.25) is 0 Å². The van der Waals surface area contributed by atoms with Gasteiger partial charge in [0.05, 0.1) is 6.10 Å². The molecule has 2 rings (SSSR count). The van der Waals surface area contributed by atoms with Gasteiger partial charge in [-0.05, 0) is 33.7 Å². The van der Waals surface area contributed by atoms with Crippen LogP contribution in [0.4, 0.5) is 0 Å². The summed E-state index contributed by atoms with van der Waals surface area (Å²) in [6.07, 6.45) is 5.88. The summed E-state index contributed by atoms with van der Waals surface area (Å²) in [4.78, 5) is 5.00. The lowest BCUT2D eigenvalue weighted by Gasteiger charge is -2.46. The SMILES string of the molecule is CC1CN(C2CCCCCC2O)CC(C)N1C. The molecule has 3 nitrogen and oxygen atoms in total. The van der Waals surface area contributed by atoms with Crippen molar-refractivity contribution in [3.63, 3.8) is 0 Å². The Morgan fingerprint density at radius 1 is 0.941 bits per heavy atom. The summed E-state index contributed by atoms with van der Waals surface area (Å²) in [6.45, 7) is 6.82. The van der Waals surface area contributed by atoms with Gasteiger partial charge < -0.3 is 5.11 Å². The van der Waals surface area contributed by atoms with Crippen molar-refractivity contribution in [2.75, 3.05) is 20.1 Å². The van der Waals surface area contributed by atoms with Crippen LogP contribution in [0.25, 0.3) is 0 Å². The van der Waals surface area contributed by atoms with Crippen LogP contribution in [0.5, 0.6) is 0 Å². The molecule has 100 valence electrons. The summed E-state index contributed by atoms with van der Waals surface area (Å²) >= 11 is 0. The summed E-state index contributed by atoms with van der Waals surface area (Å²) < 4.78 is 0. The second-order valence-electron chi connectivity index (χ2n) is 6.09. The summed E-state index contributed by atoms with van der Waals surface area (Å²) in [5.74, 6) is 0. The molecule has 1 aliphatic heterocycles. The van der Waals surface area contributed by atoms with Gasteiger partial charge in [0.1, 0.15) is 0 Å². The number of nitrogens with zero attached hydrogens (tertiary/aromatic N) is 2. The van der Waals surface area contributed by atoms with Crippen molar-refractivity contribution in [2.45, 2.75) is 70.2 Å². The zero-order valence-corrected chi connectivity index (χ0v) is 11.6. The molecule has 0 radical (unpaired) electrons. The highest BCUT2D eigenvalue weighted by Gasteiger charge is 2.34. The van der Waals surface area contributed by atoms with Gasteiger partial charge in [-0.25, -0.2) is 0 Å². The van der Waals surface area contributed by atoms with E-state index in [1.807, 2.05) is 0 Å². The maximum Gasteiger partial charge on any atom is 0.0695 e. The van der Waals surface area contributed by atoms with E-state index in [9.17, 15) is 5.11 Å². The highest BCUT2D eigenvalue weighted by molar-refractivity contribution is 4.90. The van der Waals surface area contributed by atoms with Gasteiger partial charge in [0.15, 0.2) is 0 Å². The lowest BCUT2D eigenvalue weighted by molar-refractivity contribution is -0.0161. The fourth-order valence-corrected chi connectivity index (χ4v) is 3.41. The van der Waals surface area contributed by atoms with Crippen LogP contribution in [0.1, 0.15) is 46.0 Å². The minimum Gasteiger partial charge on any atom is -0.391 e. The average Bonchev–Trinajstić information content (AvgIpc) is 2.50. The van der Waals surface area contributed by atoms with Crippen molar-refractivity contribution in [1.82, 2.24) is 9.80 Å².